The Morgan fingerprint density at radius 1 is 0.947 bits per heavy atom. The van der Waals surface area contributed by atoms with E-state index < -0.39 is 0 Å². The van der Waals surface area contributed by atoms with Crippen LogP contribution in [0.2, 0.25) is 0 Å². The summed E-state index contributed by atoms with van der Waals surface area (Å²) >= 11 is 3.42. The molecule has 0 unspecified atom stereocenters. The third kappa shape index (κ3) is 2.58. The first kappa shape index (κ1) is 12.1. The van der Waals surface area contributed by atoms with Gasteiger partial charge >= 0.3 is 0 Å². The summed E-state index contributed by atoms with van der Waals surface area (Å²) in [4.78, 5) is 4.35. The molecule has 0 aliphatic carbocycles. The molecule has 19 heavy (non-hydrogen) atoms. The summed E-state index contributed by atoms with van der Waals surface area (Å²) in [5.41, 5.74) is 3.26. The molecule has 3 nitrogen and oxygen atoms in total. The molecule has 0 N–H and O–H groups in total. The molecule has 1 aromatic heterocycles. The van der Waals surface area contributed by atoms with E-state index in [1.807, 2.05) is 36.4 Å². The van der Waals surface area contributed by atoms with Crippen LogP contribution in [0, 0.1) is 6.92 Å². The summed E-state index contributed by atoms with van der Waals surface area (Å²) < 4.78 is 2.84. The third-order valence-electron chi connectivity index (χ3n) is 2.89. The van der Waals surface area contributed by atoms with Crippen molar-refractivity contribution in [3.63, 3.8) is 0 Å². The lowest BCUT2D eigenvalue weighted by Crippen LogP contribution is -1.94. The maximum absolute atomic E-state index is 4.50. The van der Waals surface area contributed by atoms with Gasteiger partial charge in [-0.3, -0.25) is 0 Å². The summed E-state index contributed by atoms with van der Waals surface area (Å²) in [6, 6.07) is 16.2. The van der Waals surface area contributed by atoms with E-state index in [-0.39, 0.29) is 0 Å². The highest BCUT2D eigenvalue weighted by molar-refractivity contribution is 9.10. The Hall–Kier alpha value is -1.94. The first-order valence-electron chi connectivity index (χ1n) is 5.97. The molecule has 0 fully saturated rings. The van der Waals surface area contributed by atoms with Crippen LogP contribution in [0.5, 0.6) is 0 Å². The highest BCUT2D eigenvalue weighted by Crippen LogP contribution is 2.19. The number of benzene rings is 2. The molecule has 0 aliphatic rings. The average molecular weight is 314 g/mol. The lowest BCUT2D eigenvalue weighted by atomic mass is 10.2. The van der Waals surface area contributed by atoms with E-state index in [0.717, 1.165) is 21.5 Å². The van der Waals surface area contributed by atoms with Crippen LogP contribution in [0.3, 0.4) is 0 Å². The molecule has 0 saturated carbocycles. The lowest BCUT2D eigenvalue weighted by molar-refractivity contribution is 0.881. The predicted molar refractivity (Wildman–Crippen MR) is 79.2 cm³/mol. The van der Waals surface area contributed by atoms with Gasteiger partial charge in [-0.15, -0.1) is 5.10 Å². The highest BCUT2D eigenvalue weighted by atomic mass is 79.9. The standard InChI is InChI=1S/C15H12BrN3/c1-11-2-8-14(9-3-11)19-10-17-15(18-19)12-4-6-13(16)7-5-12/h2-10H,1H3. The zero-order chi connectivity index (χ0) is 13.2. The van der Waals surface area contributed by atoms with Crippen molar-refractivity contribution < 1.29 is 0 Å². The fraction of sp³-hybridized carbons (Fsp3) is 0.0667. The maximum atomic E-state index is 4.50. The molecule has 3 aromatic rings. The van der Waals surface area contributed by atoms with Gasteiger partial charge in [0.15, 0.2) is 5.82 Å². The second-order valence-corrected chi connectivity index (χ2v) is 5.27. The maximum Gasteiger partial charge on any atom is 0.181 e. The van der Waals surface area contributed by atoms with E-state index in [1.165, 1.54) is 5.56 Å². The number of hydrogen-bond acceptors (Lipinski definition) is 2. The quantitative estimate of drug-likeness (QED) is 0.715. The van der Waals surface area contributed by atoms with Gasteiger partial charge in [-0.1, -0.05) is 45.8 Å². The van der Waals surface area contributed by atoms with Crippen molar-refractivity contribution in [1.82, 2.24) is 14.8 Å². The summed E-state index contributed by atoms with van der Waals surface area (Å²) in [5.74, 6) is 0.730. The lowest BCUT2D eigenvalue weighted by Gasteiger charge is -2.00. The van der Waals surface area contributed by atoms with Gasteiger partial charge in [0.2, 0.25) is 0 Å². The van der Waals surface area contributed by atoms with Crippen LogP contribution < -0.4 is 0 Å². The fourth-order valence-electron chi connectivity index (χ4n) is 1.82. The van der Waals surface area contributed by atoms with E-state index in [9.17, 15) is 0 Å². The van der Waals surface area contributed by atoms with Crippen LogP contribution in [-0.2, 0) is 0 Å². The van der Waals surface area contributed by atoms with Gasteiger partial charge in [-0.25, -0.2) is 9.67 Å². The first-order valence-corrected chi connectivity index (χ1v) is 6.76. The third-order valence-corrected chi connectivity index (χ3v) is 3.42. The monoisotopic (exact) mass is 313 g/mol. The summed E-state index contributed by atoms with van der Waals surface area (Å²) in [6.07, 6.45) is 1.74. The van der Waals surface area contributed by atoms with E-state index in [2.05, 4.69) is 45.1 Å². The van der Waals surface area contributed by atoms with Gasteiger partial charge in [0.25, 0.3) is 0 Å². The summed E-state index contributed by atoms with van der Waals surface area (Å²) in [6.45, 7) is 2.07. The number of rotatable bonds is 2. The minimum Gasteiger partial charge on any atom is -0.220 e. The van der Waals surface area contributed by atoms with Gasteiger partial charge < -0.3 is 0 Å². The van der Waals surface area contributed by atoms with Crippen LogP contribution in [0.15, 0.2) is 59.3 Å². The van der Waals surface area contributed by atoms with Crippen LogP contribution in [0.1, 0.15) is 5.56 Å². The molecular formula is C15H12BrN3. The van der Waals surface area contributed by atoms with Crippen molar-refractivity contribution in [2.24, 2.45) is 0 Å². The van der Waals surface area contributed by atoms with Gasteiger partial charge in [0, 0.05) is 10.0 Å². The van der Waals surface area contributed by atoms with Gasteiger partial charge in [0.05, 0.1) is 5.69 Å². The van der Waals surface area contributed by atoms with Gasteiger partial charge in [-0.2, -0.15) is 0 Å². The Balaban J connectivity index is 1.95. The Kier molecular flexibility index (Phi) is 3.17. The second kappa shape index (κ2) is 4.97. The van der Waals surface area contributed by atoms with Crippen molar-refractivity contribution in [3.05, 3.63) is 64.9 Å². The molecule has 4 heteroatoms. The fourth-order valence-corrected chi connectivity index (χ4v) is 2.08. The molecule has 1 heterocycles. The number of hydrogen-bond donors (Lipinski definition) is 0. The van der Waals surface area contributed by atoms with E-state index >= 15 is 0 Å². The van der Waals surface area contributed by atoms with Crippen LogP contribution in [-0.4, -0.2) is 14.8 Å². The molecule has 0 saturated heterocycles. The number of aryl methyl sites for hydroxylation is 1. The van der Waals surface area contributed by atoms with Crippen molar-refractivity contribution >= 4 is 15.9 Å². The van der Waals surface area contributed by atoms with Crippen molar-refractivity contribution in [2.45, 2.75) is 6.92 Å². The minimum absolute atomic E-state index is 0.730. The zero-order valence-corrected chi connectivity index (χ0v) is 12.0. The number of aromatic nitrogens is 3. The summed E-state index contributed by atoms with van der Waals surface area (Å²) in [7, 11) is 0. The number of nitrogens with zero attached hydrogens (tertiary/aromatic N) is 3. The topological polar surface area (TPSA) is 30.7 Å². The van der Waals surface area contributed by atoms with Crippen LogP contribution in [0.25, 0.3) is 17.1 Å². The molecule has 0 bridgehead atoms. The largest absolute Gasteiger partial charge is 0.220 e. The Morgan fingerprint density at radius 3 is 2.32 bits per heavy atom. The van der Waals surface area contributed by atoms with Crippen molar-refractivity contribution in [1.29, 1.82) is 0 Å². The highest BCUT2D eigenvalue weighted by Gasteiger charge is 2.05. The molecule has 3 rings (SSSR count). The predicted octanol–water partition coefficient (Wildman–Crippen LogP) is 4.01. The van der Waals surface area contributed by atoms with Crippen LogP contribution >= 0.6 is 15.9 Å². The summed E-state index contributed by atoms with van der Waals surface area (Å²) in [5, 5.41) is 4.50. The van der Waals surface area contributed by atoms with Crippen LogP contribution in [0.4, 0.5) is 0 Å². The van der Waals surface area contributed by atoms with Gasteiger partial charge in [-0.05, 0) is 31.2 Å². The molecule has 0 atom stereocenters. The molecule has 0 amide bonds. The Labute approximate surface area is 120 Å². The second-order valence-electron chi connectivity index (χ2n) is 4.36. The Bertz CT molecular complexity index is 624. The average Bonchev–Trinajstić information content (AvgIpc) is 2.90. The number of halogens is 1. The van der Waals surface area contributed by atoms with E-state index in [1.54, 1.807) is 11.0 Å². The van der Waals surface area contributed by atoms with Crippen molar-refractivity contribution in [2.75, 3.05) is 0 Å². The van der Waals surface area contributed by atoms with Crippen molar-refractivity contribution in [3.8, 4) is 17.1 Å². The SMILES string of the molecule is Cc1ccc(-n2cnc(-c3ccc(Br)cc3)n2)cc1. The van der Waals surface area contributed by atoms with E-state index in [4.69, 9.17) is 0 Å². The Morgan fingerprint density at radius 2 is 1.63 bits per heavy atom. The molecule has 0 aliphatic heterocycles. The smallest absolute Gasteiger partial charge is 0.181 e. The minimum atomic E-state index is 0.730. The first-order chi connectivity index (χ1) is 9.22. The normalized spacial score (nSPS) is 10.6. The zero-order valence-electron chi connectivity index (χ0n) is 10.4. The molecule has 0 spiro atoms. The van der Waals surface area contributed by atoms with E-state index in [0.29, 0.717) is 0 Å². The molecule has 2 aromatic carbocycles. The molecular weight excluding hydrogens is 302 g/mol. The molecule has 0 radical (unpaired) electrons. The molecule has 94 valence electrons. The van der Waals surface area contributed by atoms with Gasteiger partial charge in [0.1, 0.15) is 6.33 Å².